The fourth-order valence-corrected chi connectivity index (χ4v) is 1.61. The standard InChI is InChI=1S/C11H21N3O/c1-8(6-15-5)9-10(12)14(7-13-9)11(2,3)4/h7-8H,6,12H2,1-5H3. The molecule has 0 fully saturated rings. The summed E-state index contributed by atoms with van der Waals surface area (Å²) in [6, 6.07) is 0. The van der Waals surface area contributed by atoms with Crippen LogP contribution in [0.15, 0.2) is 6.33 Å². The lowest BCUT2D eigenvalue weighted by molar-refractivity contribution is 0.183. The molecule has 1 aromatic rings. The number of hydrogen-bond donors (Lipinski definition) is 1. The molecule has 0 saturated carbocycles. The Hall–Kier alpha value is -1.03. The molecule has 0 aliphatic heterocycles. The van der Waals surface area contributed by atoms with Crippen LogP contribution in [0.4, 0.5) is 5.82 Å². The number of imidazole rings is 1. The van der Waals surface area contributed by atoms with Crippen LogP contribution in [0, 0.1) is 0 Å². The highest BCUT2D eigenvalue weighted by Gasteiger charge is 2.21. The van der Waals surface area contributed by atoms with Gasteiger partial charge in [-0.1, -0.05) is 6.92 Å². The number of hydrogen-bond acceptors (Lipinski definition) is 3. The molecule has 4 heteroatoms. The molecule has 0 aliphatic rings. The molecule has 1 heterocycles. The molecule has 0 spiro atoms. The van der Waals surface area contributed by atoms with Crippen molar-refractivity contribution in [3.63, 3.8) is 0 Å². The van der Waals surface area contributed by atoms with Crippen LogP contribution in [-0.4, -0.2) is 23.3 Å². The number of rotatable bonds is 3. The molecule has 0 radical (unpaired) electrons. The molecular formula is C11H21N3O. The van der Waals surface area contributed by atoms with Crippen LogP contribution in [0.25, 0.3) is 0 Å². The molecule has 0 aromatic carbocycles. The van der Waals surface area contributed by atoms with E-state index in [0.29, 0.717) is 6.61 Å². The summed E-state index contributed by atoms with van der Waals surface area (Å²) in [6.45, 7) is 9.03. The van der Waals surface area contributed by atoms with E-state index in [1.807, 2.05) is 4.57 Å². The fourth-order valence-electron chi connectivity index (χ4n) is 1.61. The zero-order valence-electron chi connectivity index (χ0n) is 10.2. The Labute approximate surface area is 91.4 Å². The van der Waals surface area contributed by atoms with E-state index in [0.717, 1.165) is 11.5 Å². The Morgan fingerprint density at radius 3 is 2.53 bits per heavy atom. The third-order valence-corrected chi connectivity index (χ3v) is 2.44. The first-order valence-corrected chi connectivity index (χ1v) is 5.20. The predicted octanol–water partition coefficient (Wildman–Crippen LogP) is 1.97. The van der Waals surface area contributed by atoms with Crippen LogP contribution in [0.1, 0.15) is 39.3 Å². The summed E-state index contributed by atoms with van der Waals surface area (Å²) in [6.07, 6.45) is 1.80. The second-order valence-corrected chi connectivity index (χ2v) is 4.91. The van der Waals surface area contributed by atoms with Crippen LogP contribution in [0.3, 0.4) is 0 Å². The van der Waals surface area contributed by atoms with Gasteiger partial charge in [-0.25, -0.2) is 4.98 Å². The number of nitrogen functional groups attached to an aromatic ring is 1. The minimum atomic E-state index is -0.0257. The van der Waals surface area contributed by atoms with E-state index in [4.69, 9.17) is 10.5 Å². The highest BCUT2D eigenvalue weighted by molar-refractivity contribution is 5.39. The minimum Gasteiger partial charge on any atom is -0.384 e. The quantitative estimate of drug-likeness (QED) is 0.831. The highest BCUT2D eigenvalue weighted by Crippen LogP contribution is 2.26. The van der Waals surface area contributed by atoms with E-state index in [1.54, 1.807) is 13.4 Å². The van der Waals surface area contributed by atoms with Gasteiger partial charge in [0, 0.05) is 18.6 Å². The van der Waals surface area contributed by atoms with Gasteiger partial charge in [-0.3, -0.25) is 0 Å². The Kier molecular flexibility index (Phi) is 3.39. The summed E-state index contributed by atoms with van der Waals surface area (Å²) in [7, 11) is 1.69. The van der Waals surface area contributed by atoms with Crippen molar-refractivity contribution in [3.05, 3.63) is 12.0 Å². The maximum atomic E-state index is 6.07. The van der Waals surface area contributed by atoms with Gasteiger partial charge in [0.15, 0.2) is 0 Å². The first kappa shape index (κ1) is 12.0. The Balaban J connectivity index is 2.99. The second-order valence-electron chi connectivity index (χ2n) is 4.91. The Morgan fingerprint density at radius 1 is 1.53 bits per heavy atom. The molecule has 4 nitrogen and oxygen atoms in total. The second kappa shape index (κ2) is 4.23. The van der Waals surface area contributed by atoms with Crippen molar-refractivity contribution in [2.75, 3.05) is 19.5 Å². The summed E-state index contributed by atoms with van der Waals surface area (Å²) in [4.78, 5) is 4.36. The van der Waals surface area contributed by atoms with Crippen LogP contribution >= 0.6 is 0 Å². The van der Waals surface area contributed by atoms with Crippen LogP contribution in [-0.2, 0) is 10.3 Å². The lowest BCUT2D eigenvalue weighted by atomic mass is 10.1. The molecule has 1 atom stereocenters. The number of nitrogens with zero attached hydrogens (tertiary/aromatic N) is 2. The van der Waals surface area contributed by atoms with Gasteiger partial charge in [0.2, 0.25) is 0 Å². The van der Waals surface area contributed by atoms with E-state index in [1.165, 1.54) is 0 Å². The van der Waals surface area contributed by atoms with Gasteiger partial charge < -0.3 is 15.0 Å². The highest BCUT2D eigenvalue weighted by atomic mass is 16.5. The predicted molar refractivity (Wildman–Crippen MR) is 61.9 cm³/mol. The molecular weight excluding hydrogens is 190 g/mol. The molecule has 2 N–H and O–H groups in total. The van der Waals surface area contributed by atoms with Gasteiger partial charge in [0.05, 0.1) is 18.6 Å². The maximum Gasteiger partial charge on any atom is 0.127 e. The summed E-state index contributed by atoms with van der Waals surface area (Å²) in [5, 5.41) is 0. The summed E-state index contributed by atoms with van der Waals surface area (Å²) < 4.78 is 7.10. The number of anilines is 1. The molecule has 0 aliphatic carbocycles. The van der Waals surface area contributed by atoms with Gasteiger partial charge in [-0.15, -0.1) is 0 Å². The summed E-state index contributed by atoms with van der Waals surface area (Å²) in [5.74, 6) is 0.977. The summed E-state index contributed by atoms with van der Waals surface area (Å²) in [5.41, 5.74) is 6.96. The number of methoxy groups -OCH3 is 1. The zero-order valence-corrected chi connectivity index (χ0v) is 10.2. The van der Waals surface area contributed by atoms with Crippen molar-refractivity contribution in [1.29, 1.82) is 0 Å². The Morgan fingerprint density at radius 2 is 2.13 bits per heavy atom. The van der Waals surface area contributed by atoms with Crippen LogP contribution in [0.2, 0.25) is 0 Å². The van der Waals surface area contributed by atoms with Crippen molar-refractivity contribution >= 4 is 5.82 Å². The van der Waals surface area contributed by atoms with Crippen molar-refractivity contribution in [2.24, 2.45) is 0 Å². The smallest absolute Gasteiger partial charge is 0.127 e. The molecule has 1 aromatic heterocycles. The fraction of sp³-hybridized carbons (Fsp3) is 0.727. The van der Waals surface area contributed by atoms with Crippen LogP contribution < -0.4 is 5.73 Å². The Bertz CT molecular complexity index is 325. The molecule has 0 bridgehead atoms. The lowest BCUT2D eigenvalue weighted by Gasteiger charge is -2.22. The number of nitrogens with two attached hydrogens (primary N) is 1. The van der Waals surface area contributed by atoms with Gasteiger partial charge in [-0.2, -0.15) is 0 Å². The normalized spacial score (nSPS) is 14.2. The SMILES string of the molecule is COCC(C)c1ncn(C(C)(C)C)c1N. The average Bonchev–Trinajstić information content (AvgIpc) is 2.46. The van der Waals surface area contributed by atoms with Crippen molar-refractivity contribution in [2.45, 2.75) is 39.2 Å². The van der Waals surface area contributed by atoms with E-state index < -0.39 is 0 Å². The molecule has 1 rings (SSSR count). The average molecular weight is 211 g/mol. The van der Waals surface area contributed by atoms with E-state index in [-0.39, 0.29) is 11.5 Å². The first-order chi connectivity index (χ1) is 6.88. The van der Waals surface area contributed by atoms with Gasteiger partial charge >= 0.3 is 0 Å². The van der Waals surface area contributed by atoms with Crippen molar-refractivity contribution in [3.8, 4) is 0 Å². The largest absolute Gasteiger partial charge is 0.384 e. The van der Waals surface area contributed by atoms with Crippen LogP contribution in [0.5, 0.6) is 0 Å². The lowest BCUT2D eigenvalue weighted by Crippen LogP contribution is -2.23. The third kappa shape index (κ3) is 2.50. The van der Waals surface area contributed by atoms with Crippen molar-refractivity contribution < 1.29 is 4.74 Å². The van der Waals surface area contributed by atoms with Crippen molar-refractivity contribution in [1.82, 2.24) is 9.55 Å². The number of aromatic nitrogens is 2. The molecule has 0 amide bonds. The van der Waals surface area contributed by atoms with Gasteiger partial charge in [0.25, 0.3) is 0 Å². The molecule has 0 saturated heterocycles. The summed E-state index contributed by atoms with van der Waals surface area (Å²) >= 11 is 0. The van der Waals surface area contributed by atoms with E-state index in [2.05, 4.69) is 32.7 Å². The maximum absolute atomic E-state index is 6.07. The third-order valence-electron chi connectivity index (χ3n) is 2.44. The zero-order chi connectivity index (χ0) is 11.6. The topological polar surface area (TPSA) is 53.1 Å². The monoisotopic (exact) mass is 211 g/mol. The number of ether oxygens (including phenoxy) is 1. The van der Waals surface area contributed by atoms with Gasteiger partial charge in [-0.05, 0) is 20.8 Å². The van der Waals surface area contributed by atoms with Gasteiger partial charge in [0.1, 0.15) is 5.82 Å². The van der Waals surface area contributed by atoms with E-state index in [9.17, 15) is 0 Å². The van der Waals surface area contributed by atoms with E-state index >= 15 is 0 Å². The molecule has 86 valence electrons. The molecule has 15 heavy (non-hydrogen) atoms. The minimum absolute atomic E-state index is 0.0257. The first-order valence-electron chi connectivity index (χ1n) is 5.20. The molecule has 1 unspecified atom stereocenters.